The molecule has 1 atom stereocenters. The zero-order valence-corrected chi connectivity index (χ0v) is 15.9. The molecule has 0 spiro atoms. The topological polar surface area (TPSA) is 37.3 Å². The highest BCUT2D eigenvalue weighted by molar-refractivity contribution is 6.30. The lowest BCUT2D eigenvalue weighted by Gasteiger charge is -2.32. The molecule has 0 radical (unpaired) electrons. The van der Waals surface area contributed by atoms with Crippen LogP contribution >= 0.6 is 11.6 Å². The first-order valence-electron chi connectivity index (χ1n) is 8.90. The Morgan fingerprint density at radius 1 is 1.28 bits per heavy atom. The molecule has 1 aliphatic heterocycles. The Balaban J connectivity index is 1.86. The van der Waals surface area contributed by atoms with Gasteiger partial charge < -0.3 is 14.8 Å². The Morgan fingerprint density at radius 3 is 2.68 bits per heavy atom. The van der Waals surface area contributed by atoms with Crippen LogP contribution in [-0.4, -0.2) is 42.1 Å². The van der Waals surface area contributed by atoms with Crippen LogP contribution in [0.25, 0.3) is 5.69 Å². The Labute approximate surface area is 154 Å². The molecule has 5 heteroatoms. The summed E-state index contributed by atoms with van der Waals surface area (Å²) >= 11 is 6.00. The number of halogens is 1. The fraction of sp³-hybridized carbons (Fsp3) is 0.450. The number of rotatable bonds is 4. The number of benzene rings is 1. The fourth-order valence-corrected chi connectivity index (χ4v) is 3.97. The average Bonchev–Trinajstić information content (AvgIpc) is 2.90. The first kappa shape index (κ1) is 18.0. The third kappa shape index (κ3) is 3.75. The van der Waals surface area contributed by atoms with Crippen molar-refractivity contribution in [2.75, 3.05) is 26.7 Å². The van der Waals surface area contributed by atoms with E-state index >= 15 is 0 Å². The second-order valence-electron chi connectivity index (χ2n) is 6.91. The van der Waals surface area contributed by atoms with Gasteiger partial charge in [0.15, 0.2) is 0 Å². The molecule has 25 heavy (non-hydrogen) atoms. The summed E-state index contributed by atoms with van der Waals surface area (Å²) in [5.74, 6) is 0.691. The summed E-state index contributed by atoms with van der Waals surface area (Å²) in [6, 6.07) is 9.74. The van der Waals surface area contributed by atoms with E-state index in [1.807, 2.05) is 56.1 Å². The number of aromatic nitrogens is 1. The molecule has 0 saturated carbocycles. The summed E-state index contributed by atoms with van der Waals surface area (Å²) in [5, 5.41) is 3.95. The van der Waals surface area contributed by atoms with Crippen LogP contribution in [0.3, 0.4) is 0 Å². The van der Waals surface area contributed by atoms with Crippen molar-refractivity contribution in [2.24, 2.45) is 5.92 Å². The van der Waals surface area contributed by atoms with Gasteiger partial charge in [0.2, 0.25) is 0 Å². The summed E-state index contributed by atoms with van der Waals surface area (Å²) in [7, 11) is 1.97. The smallest absolute Gasteiger partial charge is 0.255 e. The maximum absolute atomic E-state index is 13.1. The van der Waals surface area contributed by atoms with Gasteiger partial charge in [-0.25, -0.2) is 0 Å². The van der Waals surface area contributed by atoms with Crippen LogP contribution in [0, 0.1) is 19.8 Å². The van der Waals surface area contributed by atoms with E-state index in [4.69, 9.17) is 11.6 Å². The van der Waals surface area contributed by atoms with E-state index in [1.54, 1.807) is 0 Å². The minimum Gasteiger partial charge on any atom is -0.338 e. The highest BCUT2D eigenvalue weighted by Gasteiger charge is 2.26. The Morgan fingerprint density at radius 2 is 2.00 bits per heavy atom. The minimum absolute atomic E-state index is 0.147. The second-order valence-corrected chi connectivity index (χ2v) is 7.35. The molecule has 134 valence electrons. The molecular weight excluding hydrogens is 334 g/mol. The van der Waals surface area contributed by atoms with Gasteiger partial charge in [-0.1, -0.05) is 11.6 Å². The lowest BCUT2D eigenvalue weighted by Crippen LogP contribution is -2.42. The normalized spacial score (nSPS) is 17.8. The molecule has 1 aromatic carbocycles. The van der Waals surface area contributed by atoms with Gasteiger partial charge in [-0.3, -0.25) is 4.79 Å². The van der Waals surface area contributed by atoms with Crippen LogP contribution < -0.4 is 5.32 Å². The lowest BCUT2D eigenvalue weighted by atomic mass is 9.97. The van der Waals surface area contributed by atoms with Gasteiger partial charge in [0.1, 0.15) is 0 Å². The van der Waals surface area contributed by atoms with Crippen molar-refractivity contribution in [3.63, 3.8) is 0 Å². The first-order chi connectivity index (χ1) is 12.0. The van der Waals surface area contributed by atoms with E-state index in [9.17, 15) is 4.79 Å². The third-order valence-corrected chi connectivity index (χ3v) is 5.30. The van der Waals surface area contributed by atoms with Crippen LogP contribution in [0.15, 0.2) is 30.3 Å². The number of carbonyl (C=O) groups is 1. The van der Waals surface area contributed by atoms with Gasteiger partial charge in [-0.15, -0.1) is 0 Å². The van der Waals surface area contributed by atoms with Crippen LogP contribution in [0.1, 0.15) is 34.6 Å². The lowest BCUT2D eigenvalue weighted by molar-refractivity contribution is 0.0673. The van der Waals surface area contributed by atoms with Gasteiger partial charge in [0.25, 0.3) is 5.91 Å². The largest absolute Gasteiger partial charge is 0.338 e. The molecular formula is C20H26ClN3O. The molecule has 2 aromatic rings. The monoisotopic (exact) mass is 359 g/mol. The molecule has 1 amide bonds. The van der Waals surface area contributed by atoms with Gasteiger partial charge in [0, 0.05) is 35.2 Å². The fourth-order valence-electron chi connectivity index (χ4n) is 3.84. The van der Waals surface area contributed by atoms with E-state index in [2.05, 4.69) is 9.88 Å². The summed E-state index contributed by atoms with van der Waals surface area (Å²) in [4.78, 5) is 15.1. The van der Waals surface area contributed by atoms with Gasteiger partial charge in [-0.05, 0) is 76.5 Å². The van der Waals surface area contributed by atoms with Crippen LogP contribution in [0.5, 0.6) is 0 Å². The third-order valence-electron chi connectivity index (χ3n) is 5.05. The molecule has 0 bridgehead atoms. The number of hydrogen-bond acceptors (Lipinski definition) is 2. The Hall–Kier alpha value is -1.78. The molecule has 1 N–H and O–H groups in total. The second kappa shape index (κ2) is 7.63. The molecule has 1 aliphatic rings. The van der Waals surface area contributed by atoms with Crippen molar-refractivity contribution >= 4 is 17.5 Å². The van der Waals surface area contributed by atoms with Crippen LogP contribution in [-0.2, 0) is 0 Å². The molecule has 2 heterocycles. The SMILES string of the molecule is CNCC1CCCN(C(=O)c2cc(C)n(-c3ccc(Cl)cc3)c2C)C1. The van der Waals surface area contributed by atoms with Crippen LogP contribution in [0.2, 0.25) is 5.02 Å². The average molecular weight is 360 g/mol. The number of piperidine rings is 1. The van der Waals surface area contributed by atoms with E-state index in [0.717, 1.165) is 48.7 Å². The van der Waals surface area contributed by atoms with Crippen molar-refractivity contribution in [1.29, 1.82) is 0 Å². The van der Waals surface area contributed by atoms with E-state index in [1.165, 1.54) is 6.42 Å². The highest BCUT2D eigenvalue weighted by Crippen LogP contribution is 2.25. The Bertz CT molecular complexity index is 749. The van der Waals surface area contributed by atoms with E-state index in [0.29, 0.717) is 10.9 Å². The molecule has 1 saturated heterocycles. The number of likely N-dealkylation sites (tertiary alicyclic amines) is 1. The zero-order chi connectivity index (χ0) is 18.0. The van der Waals surface area contributed by atoms with Gasteiger partial charge >= 0.3 is 0 Å². The summed E-state index contributed by atoms with van der Waals surface area (Å²) in [6.45, 7) is 6.71. The zero-order valence-electron chi connectivity index (χ0n) is 15.2. The molecule has 3 rings (SSSR count). The summed E-state index contributed by atoms with van der Waals surface area (Å²) < 4.78 is 2.12. The van der Waals surface area contributed by atoms with Crippen molar-refractivity contribution in [3.8, 4) is 5.69 Å². The summed E-state index contributed by atoms with van der Waals surface area (Å²) in [5.41, 5.74) is 3.88. The van der Waals surface area contributed by atoms with Crippen molar-refractivity contribution in [2.45, 2.75) is 26.7 Å². The van der Waals surface area contributed by atoms with Gasteiger partial charge in [-0.2, -0.15) is 0 Å². The maximum Gasteiger partial charge on any atom is 0.255 e. The van der Waals surface area contributed by atoms with E-state index in [-0.39, 0.29) is 5.91 Å². The quantitative estimate of drug-likeness (QED) is 0.901. The predicted octanol–water partition coefficient (Wildman–Crippen LogP) is 3.82. The minimum atomic E-state index is 0.147. The number of aryl methyl sites for hydroxylation is 1. The molecule has 0 aliphatic carbocycles. The number of amides is 1. The van der Waals surface area contributed by atoms with E-state index < -0.39 is 0 Å². The molecule has 4 nitrogen and oxygen atoms in total. The Kier molecular flexibility index (Phi) is 5.50. The van der Waals surface area contributed by atoms with Gasteiger partial charge in [0.05, 0.1) is 5.56 Å². The standard InChI is InChI=1S/C20H26ClN3O/c1-14-11-19(15(2)24(14)18-8-6-17(21)7-9-18)20(25)23-10-4-5-16(13-23)12-22-3/h6-9,11,16,22H,4-5,10,12-13H2,1-3H3. The van der Waals surface area contributed by atoms with Crippen molar-refractivity contribution in [1.82, 2.24) is 14.8 Å². The molecule has 1 aromatic heterocycles. The van der Waals surface area contributed by atoms with Crippen molar-refractivity contribution < 1.29 is 4.79 Å². The molecule has 1 unspecified atom stereocenters. The predicted molar refractivity (Wildman–Crippen MR) is 103 cm³/mol. The number of nitrogens with one attached hydrogen (secondary N) is 1. The number of hydrogen-bond donors (Lipinski definition) is 1. The number of nitrogens with zero attached hydrogens (tertiary/aromatic N) is 2. The van der Waals surface area contributed by atoms with Crippen molar-refractivity contribution in [3.05, 3.63) is 52.3 Å². The maximum atomic E-state index is 13.1. The molecule has 1 fully saturated rings. The number of carbonyl (C=O) groups excluding carboxylic acids is 1. The highest BCUT2D eigenvalue weighted by atomic mass is 35.5. The summed E-state index contributed by atoms with van der Waals surface area (Å²) in [6.07, 6.45) is 2.27. The van der Waals surface area contributed by atoms with Crippen LogP contribution in [0.4, 0.5) is 0 Å². The first-order valence-corrected chi connectivity index (χ1v) is 9.27.